The number of allylic oxidation sites excluding steroid dienone is 1. The molecule has 0 aliphatic rings. The normalized spacial score (nSPS) is 11.2. The zero-order valence-corrected chi connectivity index (χ0v) is 20.8. The Morgan fingerprint density at radius 2 is 1.83 bits per heavy atom. The summed E-state index contributed by atoms with van der Waals surface area (Å²) < 4.78 is 12.2. The molecule has 1 heterocycles. The van der Waals surface area contributed by atoms with Gasteiger partial charge in [-0.2, -0.15) is 5.26 Å². The van der Waals surface area contributed by atoms with Gasteiger partial charge >= 0.3 is 0 Å². The van der Waals surface area contributed by atoms with Gasteiger partial charge in [0, 0.05) is 5.69 Å². The number of amides is 1. The monoisotopic (exact) mass is 483 g/mol. The first-order valence-corrected chi connectivity index (χ1v) is 11.9. The number of hydrogen-bond acceptors (Lipinski definition) is 6. The first-order chi connectivity index (χ1) is 16.9. The van der Waals surface area contributed by atoms with Crippen molar-refractivity contribution in [3.63, 3.8) is 0 Å². The van der Waals surface area contributed by atoms with Gasteiger partial charge in [0.1, 0.15) is 11.1 Å². The van der Waals surface area contributed by atoms with Crippen molar-refractivity contribution < 1.29 is 14.3 Å². The molecule has 0 atom stereocenters. The summed E-state index contributed by atoms with van der Waals surface area (Å²) in [6.07, 6.45) is 1.76. The molecule has 0 bridgehead atoms. The Balaban J connectivity index is 1.49. The molecular weight excluding hydrogens is 458 g/mol. The number of anilines is 1. The van der Waals surface area contributed by atoms with E-state index in [1.807, 2.05) is 63.2 Å². The van der Waals surface area contributed by atoms with E-state index in [2.05, 4.69) is 16.4 Å². The highest BCUT2D eigenvalue weighted by atomic mass is 32.1. The van der Waals surface area contributed by atoms with E-state index < -0.39 is 0 Å². The molecule has 0 aliphatic carbocycles. The number of nitriles is 1. The van der Waals surface area contributed by atoms with Gasteiger partial charge in [-0.25, -0.2) is 4.98 Å². The predicted molar refractivity (Wildman–Crippen MR) is 141 cm³/mol. The number of nitrogens with one attached hydrogen (secondary N) is 1. The second-order valence-electron chi connectivity index (χ2n) is 8.18. The molecule has 1 amide bonds. The number of hydrogen-bond donors (Lipinski definition) is 1. The molecule has 7 heteroatoms. The van der Waals surface area contributed by atoms with Gasteiger partial charge in [0.25, 0.3) is 5.91 Å². The zero-order valence-electron chi connectivity index (χ0n) is 20.0. The van der Waals surface area contributed by atoms with Crippen LogP contribution in [0.25, 0.3) is 21.9 Å². The predicted octanol–water partition coefficient (Wildman–Crippen LogP) is 6.31. The summed E-state index contributed by atoms with van der Waals surface area (Å²) in [5.74, 6) is 0.653. The third-order valence-electron chi connectivity index (χ3n) is 5.44. The van der Waals surface area contributed by atoms with Gasteiger partial charge < -0.3 is 14.8 Å². The highest BCUT2D eigenvalue weighted by Crippen LogP contribution is 2.32. The number of carbonyl (C=O) groups is 1. The fraction of sp³-hybridized carbons (Fsp3) is 0.179. The number of para-hydroxylation sites is 1. The Labute approximate surface area is 208 Å². The molecule has 3 aromatic carbocycles. The summed E-state index contributed by atoms with van der Waals surface area (Å²) >= 11 is 1.47. The fourth-order valence-electron chi connectivity index (χ4n) is 3.89. The summed E-state index contributed by atoms with van der Waals surface area (Å²) in [6.45, 7) is 5.80. The summed E-state index contributed by atoms with van der Waals surface area (Å²) in [5, 5.41) is 13.3. The Hall–Kier alpha value is -4.15. The van der Waals surface area contributed by atoms with Gasteiger partial charge in [-0.05, 0) is 67.8 Å². The molecular formula is C28H25N3O3S. The highest BCUT2D eigenvalue weighted by molar-refractivity contribution is 7.19. The van der Waals surface area contributed by atoms with E-state index in [0.717, 1.165) is 38.2 Å². The van der Waals surface area contributed by atoms with E-state index in [0.29, 0.717) is 22.1 Å². The molecule has 0 radical (unpaired) electrons. The number of rotatable bonds is 7. The number of fused-ring (bicyclic) bond motifs is 1. The molecule has 4 aromatic rings. The van der Waals surface area contributed by atoms with Crippen LogP contribution in [0.4, 0.5) is 5.69 Å². The van der Waals surface area contributed by atoms with Crippen LogP contribution in [-0.4, -0.2) is 24.6 Å². The molecule has 1 N–H and O–H groups in total. The Morgan fingerprint density at radius 3 is 2.51 bits per heavy atom. The lowest BCUT2D eigenvalue weighted by Gasteiger charge is -2.14. The van der Waals surface area contributed by atoms with E-state index in [1.54, 1.807) is 18.2 Å². The molecule has 35 heavy (non-hydrogen) atoms. The average Bonchev–Trinajstić information content (AvgIpc) is 3.27. The van der Waals surface area contributed by atoms with Crippen LogP contribution in [0.5, 0.6) is 11.5 Å². The lowest BCUT2D eigenvalue weighted by molar-refractivity contribution is -0.118. The van der Waals surface area contributed by atoms with E-state index in [9.17, 15) is 10.1 Å². The second kappa shape index (κ2) is 10.4. The number of aryl methyl sites for hydroxylation is 3. The molecule has 0 saturated heterocycles. The van der Waals surface area contributed by atoms with Crippen LogP contribution in [-0.2, 0) is 4.79 Å². The standard InChI is InChI=1S/C28H25N3O3S/c1-17-11-18(2)27(19(3)12-17)31-26(32)16-34-23-10-9-20(14-24(23)33-4)13-21(15-29)28-30-22-7-5-6-8-25(22)35-28/h5-14H,16H2,1-4H3,(H,31,32). The summed E-state index contributed by atoms with van der Waals surface area (Å²) in [7, 11) is 1.54. The maximum absolute atomic E-state index is 12.5. The van der Waals surface area contributed by atoms with Crippen molar-refractivity contribution in [2.45, 2.75) is 20.8 Å². The van der Waals surface area contributed by atoms with Crippen LogP contribution in [0, 0.1) is 32.1 Å². The molecule has 0 unspecified atom stereocenters. The van der Waals surface area contributed by atoms with Crippen LogP contribution < -0.4 is 14.8 Å². The van der Waals surface area contributed by atoms with Crippen LogP contribution in [0.2, 0.25) is 0 Å². The van der Waals surface area contributed by atoms with Crippen molar-refractivity contribution in [3.05, 3.63) is 81.9 Å². The quantitative estimate of drug-likeness (QED) is 0.311. The number of thiazole rings is 1. The van der Waals surface area contributed by atoms with Crippen LogP contribution >= 0.6 is 11.3 Å². The number of carbonyl (C=O) groups excluding carboxylic acids is 1. The largest absolute Gasteiger partial charge is 0.493 e. The maximum Gasteiger partial charge on any atom is 0.262 e. The molecule has 176 valence electrons. The van der Waals surface area contributed by atoms with Crippen molar-refractivity contribution in [2.24, 2.45) is 0 Å². The van der Waals surface area contributed by atoms with E-state index in [4.69, 9.17) is 9.47 Å². The highest BCUT2D eigenvalue weighted by Gasteiger charge is 2.13. The van der Waals surface area contributed by atoms with Gasteiger partial charge in [-0.15, -0.1) is 11.3 Å². The summed E-state index contributed by atoms with van der Waals surface area (Å²) in [4.78, 5) is 17.1. The van der Waals surface area contributed by atoms with E-state index in [1.165, 1.54) is 18.4 Å². The van der Waals surface area contributed by atoms with Crippen LogP contribution in [0.1, 0.15) is 27.3 Å². The minimum atomic E-state index is -0.256. The molecule has 6 nitrogen and oxygen atoms in total. The maximum atomic E-state index is 12.5. The smallest absolute Gasteiger partial charge is 0.262 e. The van der Waals surface area contributed by atoms with E-state index in [-0.39, 0.29) is 12.5 Å². The van der Waals surface area contributed by atoms with Crippen LogP contribution in [0.15, 0.2) is 54.6 Å². The minimum absolute atomic E-state index is 0.159. The first-order valence-electron chi connectivity index (χ1n) is 11.0. The third kappa shape index (κ3) is 5.51. The molecule has 0 fully saturated rings. The molecule has 4 rings (SSSR count). The van der Waals surface area contributed by atoms with Crippen molar-refractivity contribution >= 4 is 44.8 Å². The first kappa shape index (κ1) is 24.0. The van der Waals surface area contributed by atoms with E-state index >= 15 is 0 Å². The summed E-state index contributed by atoms with van der Waals surface area (Å²) in [6, 6.07) is 19.4. The minimum Gasteiger partial charge on any atom is -0.493 e. The number of aromatic nitrogens is 1. The van der Waals surface area contributed by atoms with Gasteiger partial charge in [0.05, 0.1) is 22.9 Å². The lowest BCUT2D eigenvalue weighted by Crippen LogP contribution is -2.21. The number of methoxy groups -OCH3 is 1. The van der Waals surface area contributed by atoms with Gasteiger partial charge in [0.15, 0.2) is 18.1 Å². The Morgan fingerprint density at radius 1 is 1.09 bits per heavy atom. The molecule has 0 saturated carbocycles. The second-order valence-corrected chi connectivity index (χ2v) is 9.21. The van der Waals surface area contributed by atoms with Gasteiger partial charge in [-0.1, -0.05) is 35.9 Å². The average molecular weight is 484 g/mol. The van der Waals surface area contributed by atoms with Crippen LogP contribution in [0.3, 0.4) is 0 Å². The topological polar surface area (TPSA) is 84.2 Å². The summed E-state index contributed by atoms with van der Waals surface area (Å²) in [5.41, 5.74) is 6.05. The van der Waals surface area contributed by atoms with Gasteiger partial charge in [-0.3, -0.25) is 4.79 Å². The molecule has 0 aliphatic heterocycles. The molecule has 1 aromatic heterocycles. The van der Waals surface area contributed by atoms with Crippen molar-refractivity contribution in [1.82, 2.24) is 4.98 Å². The lowest BCUT2D eigenvalue weighted by atomic mass is 10.1. The third-order valence-corrected chi connectivity index (χ3v) is 6.51. The van der Waals surface area contributed by atoms with Crippen molar-refractivity contribution in [1.29, 1.82) is 5.26 Å². The van der Waals surface area contributed by atoms with Crippen molar-refractivity contribution in [2.75, 3.05) is 19.0 Å². The number of benzene rings is 3. The van der Waals surface area contributed by atoms with Gasteiger partial charge in [0.2, 0.25) is 0 Å². The number of nitrogens with zero attached hydrogens (tertiary/aromatic N) is 2. The SMILES string of the molecule is COc1cc(C=C(C#N)c2nc3ccccc3s2)ccc1OCC(=O)Nc1c(C)cc(C)cc1C. The zero-order chi connectivity index (χ0) is 24.9. The Kier molecular flexibility index (Phi) is 7.14. The Bertz CT molecular complexity index is 1420. The van der Waals surface area contributed by atoms with Crippen molar-refractivity contribution in [3.8, 4) is 17.6 Å². The molecule has 0 spiro atoms. The number of ether oxygens (including phenoxy) is 2. The fourth-order valence-corrected chi connectivity index (χ4v) is 4.82.